The number of aromatic amines is 1. The molecule has 0 spiro atoms. The van der Waals surface area contributed by atoms with Gasteiger partial charge in [0.1, 0.15) is 11.3 Å². The SMILES string of the molecule is Cn1ncc2ncc(C(=O)NCCc3nc4ccccc4c(=O)[nH]3)cc21. The van der Waals surface area contributed by atoms with E-state index in [4.69, 9.17) is 0 Å². The predicted molar refractivity (Wildman–Crippen MR) is 96.9 cm³/mol. The van der Waals surface area contributed by atoms with E-state index in [0.29, 0.717) is 35.3 Å². The van der Waals surface area contributed by atoms with Crippen LogP contribution in [0.5, 0.6) is 0 Å². The molecular weight excluding hydrogens is 332 g/mol. The molecule has 4 aromatic rings. The Labute approximate surface area is 147 Å². The van der Waals surface area contributed by atoms with Gasteiger partial charge >= 0.3 is 0 Å². The van der Waals surface area contributed by atoms with E-state index in [1.807, 2.05) is 6.07 Å². The van der Waals surface area contributed by atoms with Crippen molar-refractivity contribution in [1.82, 2.24) is 30.0 Å². The maximum Gasteiger partial charge on any atom is 0.258 e. The highest BCUT2D eigenvalue weighted by atomic mass is 16.1. The van der Waals surface area contributed by atoms with Gasteiger partial charge in [-0.15, -0.1) is 0 Å². The third kappa shape index (κ3) is 2.92. The molecule has 0 atom stereocenters. The van der Waals surface area contributed by atoms with Crippen molar-refractivity contribution >= 4 is 27.8 Å². The molecule has 4 rings (SSSR count). The molecule has 3 heterocycles. The van der Waals surface area contributed by atoms with Crippen molar-refractivity contribution in [1.29, 1.82) is 0 Å². The summed E-state index contributed by atoms with van der Waals surface area (Å²) in [6.45, 7) is 0.351. The van der Waals surface area contributed by atoms with Gasteiger partial charge in [0.25, 0.3) is 11.5 Å². The zero-order valence-electron chi connectivity index (χ0n) is 14.1. The predicted octanol–water partition coefficient (Wildman–Crippen LogP) is 1.18. The monoisotopic (exact) mass is 348 g/mol. The number of benzene rings is 1. The van der Waals surface area contributed by atoms with Crippen molar-refractivity contribution in [2.75, 3.05) is 6.54 Å². The molecule has 1 aromatic carbocycles. The fourth-order valence-electron chi connectivity index (χ4n) is 2.80. The molecule has 26 heavy (non-hydrogen) atoms. The molecule has 8 nitrogen and oxygen atoms in total. The smallest absolute Gasteiger partial charge is 0.258 e. The van der Waals surface area contributed by atoms with Crippen molar-refractivity contribution in [3.05, 3.63) is 64.5 Å². The summed E-state index contributed by atoms with van der Waals surface area (Å²) in [5, 5.41) is 7.48. The molecular formula is C18H16N6O2. The van der Waals surface area contributed by atoms with Gasteiger partial charge in [-0.05, 0) is 18.2 Å². The van der Waals surface area contributed by atoms with Crippen LogP contribution in [-0.4, -0.2) is 37.2 Å². The summed E-state index contributed by atoms with van der Waals surface area (Å²) < 4.78 is 1.67. The maximum absolute atomic E-state index is 12.3. The van der Waals surface area contributed by atoms with E-state index in [0.717, 1.165) is 11.0 Å². The quantitative estimate of drug-likeness (QED) is 0.576. The average molecular weight is 348 g/mol. The van der Waals surface area contributed by atoms with Gasteiger partial charge < -0.3 is 10.3 Å². The lowest BCUT2D eigenvalue weighted by Crippen LogP contribution is -2.27. The first kappa shape index (κ1) is 15.9. The molecule has 0 aliphatic carbocycles. The van der Waals surface area contributed by atoms with Crippen LogP contribution in [0.4, 0.5) is 0 Å². The van der Waals surface area contributed by atoms with Gasteiger partial charge in [0.05, 0.1) is 28.2 Å². The number of fused-ring (bicyclic) bond motifs is 2. The molecule has 0 saturated carbocycles. The minimum atomic E-state index is -0.233. The molecule has 0 unspecified atom stereocenters. The second kappa shape index (κ2) is 6.40. The van der Waals surface area contributed by atoms with Gasteiger partial charge in [-0.3, -0.25) is 19.3 Å². The number of nitrogens with zero attached hydrogens (tertiary/aromatic N) is 4. The normalized spacial score (nSPS) is 11.1. The average Bonchev–Trinajstić information content (AvgIpc) is 3.02. The lowest BCUT2D eigenvalue weighted by Gasteiger charge is -2.06. The highest BCUT2D eigenvalue weighted by Gasteiger charge is 2.10. The van der Waals surface area contributed by atoms with Crippen LogP contribution in [0.15, 0.2) is 47.5 Å². The Morgan fingerprint density at radius 3 is 2.96 bits per heavy atom. The number of amides is 1. The largest absolute Gasteiger partial charge is 0.352 e. The van der Waals surface area contributed by atoms with Crippen LogP contribution in [0.1, 0.15) is 16.2 Å². The number of aromatic nitrogens is 5. The minimum absolute atomic E-state index is 0.178. The summed E-state index contributed by atoms with van der Waals surface area (Å²) in [7, 11) is 1.80. The van der Waals surface area contributed by atoms with E-state index in [1.54, 1.807) is 42.2 Å². The fourth-order valence-corrected chi connectivity index (χ4v) is 2.80. The number of aryl methyl sites for hydroxylation is 1. The van der Waals surface area contributed by atoms with Gasteiger partial charge in [0.15, 0.2) is 0 Å². The van der Waals surface area contributed by atoms with E-state index in [-0.39, 0.29) is 11.5 Å². The summed E-state index contributed by atoms with van der Waals surface area (Å²) in [6.07, 6.45) is 3.60. The number of carbonyl (C=O) groups is 1. The second-order valence-electron chi connectivity index (χ2n) is 5.93. The molecule has 0 aliphatic heterocycles. The highest BCUT2D eigenvalue weighted by Crippen LogP contribution is 2.11. The number of hydrogen-bond donors (Lipinski definition) is 2. The number of pyridine rings is 1. The Bertz CT molecular complexity index is 1180. The first-order valence-electron chi connectivity index (χ1n) is 8.16. The van der Waals surface area contributed by atoms with E-state index >= 15 is 0 Å². The first-order valence-corrected chi connectivity index (χ1v) is 8.16. The third-order valence-corrected chi connectivity index (χ3v) is 4.17. The van der Waals surface area contributed by atoms with Crippen LogP contribution in [-0.2, 0) is 13.5 Å². The maximum atomic E-state index is 12.3. The van der Waals surface area contributed by atoms with Crippen LogP contribution in [0.25, 0.3) is 21.9 Å². The number of rotatable bonds is 4. The Morgan fingerprint density at radius 1 is 1.23 bits per heavy atom. The lowest BCUT2D eigenvalue weighted by atomic mass is 10.2. The van der Waals surface area contributed by atoms with Crippen LogP contribution in [0, 0.1) is 0 Å². The lowest BCUT2D eigenvalue weighted by molar-refractivity contribution is 0.0954. The number of carbonyl (C=O) groups excluding carboxylic acids is 1. The van der Waals surface area contributed by atoms with Gasteiger partial charge in [-0.1, -0.05) is 12.1 Å². The number of para-hydroxylation sites is 1. The van der Waals surface area contributed by atoms with E-state index in [1.165, 1.54) is 6.20 Å². The van der Waals surface area contributed by atoms with Crippen LogP contribution in [0.3, 0.4) is 0 Å². The summed E-state index contributed by atoms with van der Waals surface area (Å²) in [5.41, 5.74) is 2.45. The Morgan fingerprint density at radius 2 is 2.08 bits per heavy atom. The summed E-state index contributed by atoms with van der Waals surface area (Å²) in [4.78, 5) is 35.8. The van der Waals surface area contributed by atoms with Crippen molar-refractivity contribution < 1.29 is 4.79 Å². The highest BCUT2D eigenvalue weighted by molar-refractivity contribution is 5.96. The zero-order valence-corrected chi connectivity index (χ0v) is 14.1. The molecule has 0 saturated heterocycles. The zero-order chi connectivity index (χ0) is 18.1. The number of nitrogens with one attached hydrogen (secondary N) is 2. The summed E-state index contributed by atoms with van der Waals surface area (Å²) in [6, 6.07) is 8.91. The van der Waals surface area contributed by atoms with E-state index in [9.17, 15) is 9.59 Å². The van der Waals surface area contributed by atoms with E-state index in [2.05, 4.69) is 25.4 Å². The van der Waals surface area contributed by atoms with Crippen molar-refractivity contribution in [3.63, 3.8) is 0 Å². The van der Waals surface area contributed by atoms with Crippen LogP contribution in [0.2, 0.25) is 0 Å². The standard InChI is InChI=1S/C18H16N6O2/c1-24-15-8-11(9-20-14(15)10-21-24)17(25)19-7-6-16-22-13-5-3-2-4-12(13)18(26)23-16/h2-5,8-10H,6-7H2,1H3,(H,19,25)(H,22,23,26). The van der Waals surface area contributed by atoms with Crippen LogP contribution < -0.4 is 10.9 Å². The topological polar surface area (TPSA) is 106 Å². The number of hydrogen-bond acceptors (Lipinski definition) is 5. The second-order valence-corrected chi connectivity index (χ2v) is 5.93. The van der Waals surface area contributed by atoms with Crippen LogP contribution >= 0.6 is 0 Å². The van der Waals surface area contributed by atoms with Gasteiger partial charge in [-0.2, -0.15) is 5.10 Å². The van der Waals surface area contributed by atoms with Gasteiger partial charge in [0.2, 0.25) is 0 Å². The Kier molecular flexibility index (Phi) is 3.92. The van der Waals surface area contributed by atoms with Crippen molar-refractivity contribution in [2.24, 2.45) is 7.05 Å². The molecule has 1 amide bonds. The summed E-state index contributed by atoms with van der Waals surface area (Å²) in [5.74, 6) is 0.304. The van der Waals surface area contributed by atoms with Crippen molar-refractivity contribution in [3.8, 4) is 0 Å². The Balaban J connectivity index is 1.46. The number of H-pyrrole nitrogens is 1. The molecule has 0 radical (unpaired) electrons. The molecule has 130 valence electrons. The molecule has 2 N–H and O–H groups in total. The summed E-state index contributed by atoms with van der Waals surface area (Å²) >= 11 is 0. The molecule has 3 aromatic heterocycles. The molecule has 8 heteroatoms. The fraction of sp³-hybridized carbons (Fsp3) is 0.167. The first-order chi connectivity index (χ1) is 12.6. The Hall–Kier alpha value is -3.55. The molecule has 0 aliphatic rings. The molecule has 0 fully saturated rings. The van der Waals surface area contributed by atoms with E-state index < -0.39 is 0 Å². The molecule has 0 bridgehead atoms. The minimum Gasteiger partial charge on any atom is -0.352 e. The van der Waals surface area contributed by atoms with Gasteiger partial charge in [-0.25, -0.2) is 4.98 Å². The third-order valence-electron chi connectivity index (χ3n) is 4.17. The van der Waals surface area contributed by atoms with Gasteiger partial charge in [0, 0.05) is 26.2 Å². The van der Waals surface area contributed by atoms with Crippen molar-refractivity contribution in [2.45, 2.75) is 6.42 Å².